The fourth-order valence-electron chi connectivity index (χ4n) is 3.34. The molecule has 4 rings (SSSR count). The van der Waals surface area contributed by atoms with Crippen molar-refractivity contribution >= 4 is 15.5 Å². The van der Waals surface area contributed by atoms with Crippen molar-refractivity contribution < 1.29 is 8.42 Å². The molecule has 3 heterocycles. The summed E-state index contributed by atoms with van der Waals surface area (Å²) < 4.78 is 22.9. The number of fused-ring (bicyclic) bond motifs is 3. The molecule has 21 heavy (non-hydrogen) atoms. The van der Waals surface area contributed by atoms with Gasteiger partial charge in [0, 0.05) is 24.5 Å². The van der Waals surface area contributed by atoms with Gasteiger partial charge in [-0.2, -0.15) is 0 Å². The van der Waals surface area contributed by atoms with E-state index in [9.17, 15) is 8.42 Å². The van der Waals surface area contributed by atoms with Crippen LogP contribution in [0.4, 0.5) is 0 Å². The highest BCUT2D eigenvalue weighted by molar-refractivity contribution is 7.90. The van der Waals surface area contributed by atoms with E-state index in [2.05, 4.69) is 16.8 Å². The molecule has 0 saturated carbocycles. The van der Waals surface area contributed by atoms with Gasteiger partial charge < -0.3 is 10.2 Å². The third-order valence-electron chi connectivity index (χ3n) is 4.65. The predicted octanol–water partition coefficient (Wildman–Crippen LogP) is 1.74. The van der Waals surface area contributed by atoms with Gasteiger partial charge >= 0.3 is 0 Å². The first-order valence-corrected chi connectivity index (χ1v) is 9.31. The molecule has 0 unspecified atom stereocenters. The molecule has 2 bridgehead atoms. The molecular formula is C16H22N2O2S. The largest absolute Gasteiger partial charge is 0.381 e. The van der Waals surface area contributed by atoms with Gasteiger partial charge in [-0.25, -0.2) is 8.42 Å². The van der Waals surface area contributed by atoms with Gasteiger partial charge in [0.05, 0.1) is 4.90 Å². The minimum atomic E-state index is -3.14. The van der Waals surface area contributed by atoms with E-state index in [1.54, 1.807) is 12.1 Å². The van der Waals surface area contributed by atoms with Crippen LogP contribution < -0.4 is 5.32 Å². The van der Waals surface area contributed by atoms with Gasteiger partial charge in [0.1, 0.15) is 0 Å². The summed E-state index contributed by atoms with van der Waals surface area (Å²) in [5.41, 5.74) is 1.84. The van der Waals surface area contributed by atoms with Crippen molar-refractivity contribution in [1.29, 1.82) is 0 Å². The summed E-state index contributed by atoms with van der Waals surface area (Å²) >= 11 is 0. The molecule has 3 fully saturated rings. The minimum Gasteiger partial charge on any atom is -0.381 e. The van der Waals surface area contributed by atoms with Crippen LogP contribution in [0.15, 0.2) is 35.7 Å². The van der Waals surface area contributed by atoms with E-state index in [1.807, 2.05) is 12.1 Å². The number of hydrogen-bond donors (Lipinski definition) is 1. The van der Waals surface area contributed by atoms with Crippen LogP contribution in [-0.2, 0) is 9.84 Å². The van der Waals surface area contributed by atoms with Gasteiger partial charge in [-0.1, -0.05) is 18.7 Å². The van der Waals surface area contributed by atoms with E-state index in [1.165, 1.54) is 32.2 Å². The van der Waals surface area contributed by atoms with E-state index >= 15 is 0 Å². The summed E-state index contributed by atoms with van der Waals surface area (Å²) in [6.07, 6.45) is 3.75. The Bertz CT molecular complexity index is 629. The molecule has 1 N–H and O–H groups in total. The number of nitrogens with zero attached hydrogens (tertiary/aromatic N) is 1. The van der Waals surface area contributed by atoms with Crippen molar-refractivity contribution in [3.8, 4) is 0 Å². The molecule has 5 heteroatoms. The first-order chi connectivity index (χ1) is 9.93. The van der Waals surface area contributed by atoms with Crippen molar-refractivity contribution in [2.75, 3.05) is 25.9 Å². The van der Waals surface area contributed by atoms with E-state index in [0.717, 1.165) is 23.7 Å². The zero-order chi connectivity index (χ0) is 15.0. The van der Waals surface area contributed by atoms with Gasteiger partial charge in [-0.05, 0) is 49.5 Å². The zero-order valence-electron chi connectivity index (χ0n) is 12.4. The first kappa shape index (κ1) is 14.6. The molecule has 0 spiro atoms. The summed E-state index contributed by atoms with van der Waals surface area (Å²) in [4.78, 5) is 2.85. The van der Waals surface area contributed by atoms with E-state index < -0.39 is 9.84 Å². The average molecular weight is 306 g/mol. The van der Waals surface area contributed by atoms with Crippen LogP contribution in [-0.4, -0.2) is 45.2 Å². The maximum atomic E-state index is 11.5. The second-order valence-electron chi connectivity index (χ2n) is 6.16. The van der Waals surface area contributed by atoms with Gasteiger partial charge in [0.15, 0.2) is 9.84 Å². The Morgan fingerprint density at radius 3 is 2.33 bits per heavy atom. The number of benzene rings is 1. The molecule has 3 saturated heterocycles. The van der Waals surface area contributed by atoms with Gasteiger partial charge in [0.25, 0.3) is 0 Å². The van der Waals surface area contributed by atoms with Crippen LogP contribution in [0.2, 0.25) is 0 Å². The lowest BCUT2D eigenvalue weighted by Crippen LogP contribution is -2.55. The van der Waals surface area contributed by atoms with E-state index in [0.29, 0.717) is 10.9 Å². The molecule has 4 nitrogen and oxygen atoms in total. The highest BCUT2D eigenvalue weighted by Crippen LogP contribution is 2.28. The Balaban J connectivity index is 1.68. The van der Waals surface area contributed by atoms with Gasteiger partial charge in [0.2, 0.25) is 0 Å². The number of rotatable bonds is 4. The summed E-state index contributed by atoms with van der Waals surface area (Å²) in [5, 5.41) is 3.54. The molecule has 3 aliphatic rings. The van der Waals surface area contributed by atoms with Crippen LogP contribution >= 0.6 is 0 Å². The lowest BCUT2D eigenvalue weighted by atomic mass is 9.84. The maximum absolute atomic E-state index is 11.5. The minimum absolute atomic E-state index is 0.349. The fourth-order valence-corrected chi connectivity index (χ4v) is 3.97. The molecule has 0 aromatic heterocycles. The Morgan fingerprint density at radius 2 is 1.86 bits per heavy atom. The Kier molecular flexibility index (Phi) is 3.80. The smallest absolute Gasteiger partial charge is 0.175 e. The normalized spacial score (nSPS) is 28.3. The monoisotopic (exact) mass is 306 g/mol. The average Bonchev–Trinajstić information content (AvgIpc) is 2.48. The molecule has 1 aromatic rings. The van der Waals surface area contributed by atoms with Crippen LogP contribution in [0.25, 0.3) is 5.70 Å². The topological polar surface area (TPSA) is 49.4 Å². The highest BCUT2D eigenvalue weighted by atomic mass is 32.2. The molecule has 0 amide bonds. The van der Waals surface area contributed by atoms with E-state index in [-0.39, 0.29) is 0 Å². The zero-order valence-corrected chi connectivity index (χ0v) is 13.2. The molecule has 0 aliphatic carbocycles. The lowest BCUT2D eigenvalue weighted by molar-refractivity contribution is 0.0801. The summed E-state index contributed by atoms with van der Waals surface area (Å²) in [5.74, 6) is 0.738. The lowest BCUT2D eigenvalue weighted by Gasteiger charge is -2.45. The van der Waals surface area contributed by atoms with Gasteiger partial charge in [-0.3, -0.25) is 0 Å². The fraction of sp³-hybridized carbons (Fsp3) is 0.500. The predicted molar refractivity (Wildman–Crippen MR) is 84.7 cm³/mol. The van der Waals surface area contributed by atoms with Crippen LogP contribution in [0.3, 0.4) is 0 Å². The van der Waals surface area contributed by atoms with Crippen molar-refractivity contribution in [3.05, 3.63) is 36.4 Å². The molecule has 114 valence electrons. The Hall–Kier alpha value is -1.33. The number of nitrogens with one attached hydrogen (secondary N) is 1. The summed E-state index contributed by atoms with van der Waals surface area (Å²) in [7, 11) is -3.14. The Labute approximate surface area is 126 Å². The van der Waals surface area contributed by atoms with Crippen molar-refractivity contribution in [3.63, 3.8) is 0 Å². The van der Waals surface area contributed by atoms with Crippen LogP contribution in [0, 0.1) is 5.92 Å². The first-order valence-electron chi connectivity index (χ1n) is 7.42. The summed E-state index contributed by atoms with van der Waals surface area (Å²) in [6.45, 7) is 7.65. The second kappa shape index (κ2) is 5.46. The second-order valence-corrected chi connectivity index (χ2v) is 8.18. The highest BCUT2D eigenvalue weighted by Gasteiger charge is 2.34. The summed E-state index contributed by atoms with van der Waals surface area (Å²) in [6, 6.07) is 7.41. The van der Waals surface area contributed by atoms with Gasteiger partial charge in [-0.15, -0.1) is 0 Å². The maximum Gasteiger partial charge on any atom is 0.175 e. The van der Waals surface area contributed by atoms with Crippen molar-refractivity contribution in [2.24, 2.45) is 5.92 Å². The van der Waals surface area contributed by atoms with E-state index in [4.69, 9.17) is 0 Å². The molecular weight excluding hydrogens is 284 g/mol. The molecule has 3 aliphatic heterocycles. The van der Waals surface area contributed by atoms with Crippen LogP contribution in [0.5, 0.6) is 0 Å². The molecule has 1 aromatic carbocycles. The quantitative estimate of drug-likeness (QED) is 0.920. The number of hydrogen-bond acceptors (Lipinski definition) is 4. The molecule has 1 atom stereocenters. The Morgan fingerprint density at radius 1 is 1.24 bits per heavy atom. The third-order valence-corrected chi connectivity index (χ3v) is 5.78. The standard InChI is InChI=1S/C16H22N2O2S/c1-12(13-3-5-15(6-4-13)21(2,19)20)17-16-11-18-9-7-14(16)8-10-18/h3-6,14,16-17H,1,7-11H2,2H3/t16-/m1/s1. The van der Waals surface area contributed by atoms with Crippen molar-refractivity contribution in [2.45, 2.75) is 23.8 Å². The van der Waals surface area contributed by atoms with Crippen LogP contribution in [0.1, 0.15) is 18.4 Å². The number of sulfone groups is 1. The third kappa shape index (κ3) is 3.14. The SMILES string of the molecule is C=C(N[C@@H]1CN2CCC1CC2)c1ccc(S(C)(=O)=O)cc1. The molecule has 0 radical (unpaired) electrons. The number of piperidine rings is 3. The van der Waals surface area contributed by atoms with Crippen molar-refractivity contribution in [1.82, 2.24) is 10.2 Å².